The largest absolute Gasteiger partial charge is 0.490 e. The normalized spacial score (nSPS) is 15.4. The Morgan fingerprint density at radius 2 is 1.71 bits per heavy atom. The van der Waals surface area contributed by atoms with Crippen molar-refractivity contribution in [2.45, 2.75) is 44.3 Å². The fraction of sp³-hybridized carbons (Fsp3) is 0.321. The molecule has 1 aliphatic heterocycles. The van der Waals surface area contributed by atoms with Gasteiger partial charge in [-0.15, -0.1) is 0 Å². The molecule has 2 aromatic carbocycles. The van der Waals surface area contributed by atoms with Crippen LogP contribution in [0.2, 0.25) is 0 Å². The summed E-state index contributed by atoms with van der Waals surface area (Å²) in [6.07, 6.45) is -2.91. The van der Waals surface area contributed by atoms with Gasteiger partial charge in [-0.2, -0.15) is 13.2 Å². The van der Waals surface area contributed by atoms with Gasteiger partial charge >= 0.3 is 18.1 Å². The quantitative estimate of drug-likeness (QED) is 0.345. The number of sulfonamides is 1. The first-order valence-electron chi connectivity index (χ1n) is 12.9. The van der Waals surface area contributed by atoms with Crippen molar-refractivity contribution in [2.75, 3.05) is 34.2 Å². The number of hydrogen-bond donors (Lipinski definition) is 3. The third-order valence-electron chi connectivity index (χ3n) is 6.49. The molecule has 1 unspecified atom stereocenters. The average molecular weight is 609 g/mol. The molecule has 1 saturated heterocycles. The molecular weight excluding hydrogens is 577 g/mol. The van der Waals surface area contributed by atoms with E-state index >= 15 is 0 Å². The van der Waals surface area contributed by atoms with Gasteiger partial charge in [-0.05, 0) is 61.7 Å². The number of alkyl halides is 3. The summed E-state index contributed by atoms with van der Waals surface area (Å²) in [6.45, 7) is 8.06. The zero-order valence-corrected chi connectivity index (χ0v) is 23.9. The van der Waals surface area contributed by atoms with Crippen molar-refractivity contribution in [3.63, 3.8) is 0 Å². The van der Waals surface area contributed by atoms with Gasteiger partial charge in [0.1, 0.15) is 11.4 Å². The van der Waals surface area contributed by atoms with Gasteiger partial charge < -0.3 is 20.0 Å². The summed E-state index contributed by atoms with van der Waals surface area (Å²) in [4.78, 5) is 29.7. The van der Waals surface area contributed by atoms with Crippen LogP contribution >= 0.6 is 0 Å². The third kappa shape index (κ3) is 8.12. The molecule has 0 bridgehead atoms. The van der Waals surface area contributed by atoms with Gasteiger partial charge in [0.2, 0.25) is 0 Å². The Morgan fingerprint density at radius 3 is 2.24 bits per heavy atom. The molecule has 4 rings (SSSR count). The lowest BCUT2D eigenvalue weighted by atomic mass is 10.1. The van der Waals surface area contributed by atoms with Gasteiger partial charge in [0.05, 0.1) is 16.8 Å². The molecule has 1 atom stereocenters. The van der Waals surface area contributed by atoms with Crippen LogP contribution in [0.25, 0.3) is 0 Å². The predicted octanol–water partition coefficient (Wildman–Crippen LogP) is 4.80. The van der Waals surface area contributed by atoms with Gasteiger partial charge in [0, 0.05) is 31.4 Å². The zero-order valence-electron chi connectivity index (χ0n) is 23.1. The van der Waals surface area contributed by atoms with E-state index in [1.54, 1.807) is 12.1 Å². The van der Waals surface area contributed by atoms with Crippen LogP contribution in [0.3, 0.4) is 0 Å². The van der Waals surface area contributed by atoms with Crippen molar-refractivity contribution in [2.24, 2.45) is 0 Å². The maximum absolute atomic E-state index is 12.8. The van der Waals surface area contributed by atoms with Crippen molar-refractivity contribution in [1.29, 1.82) is 0 Å². The van der Waals surface area contributed by atoms with Crippen molar-refractivity contribution in [3.8, 4) is 0 Å². The van der Waals surface area contributed by atoms with Crippen LogP contribution in [-0.2, 0) is 21.2 Å². The first-order valence-corrected chi connectivity index (χ1v) is 14.3. The third-order valence-corrected chi connectivity index (χ3v) is 7.89. The number of anilines is 3. The van der Waals surface area contributed by atoms with Crippen LogP contribution in [0.15, 0.2) is 65.7 Å². The summed E-state index contributed by atoms with van der Waals surface area (Å²) in [5.74, 6) is -3.58. The highest BCUT2D eigenvalue weighted by Crippen LogP contribution is 2.28. The minimum Gasteiger partial charge on any atom is -0.478 e. The highest BCUT2D eigenvalue weighted by molar-refractivity contribution is 7.92. The molecule has 42 heavy (non-hydrogen) atoms. The van der Waals surface area contributed by atoms with Crippen molar-refractivity contribution in [1.82, 2.24) is 4.98 Å². The molecule has 1 aliphatic rings. The van der Waals surface area contributed by atoms with Crippen LogP contribution in [0.4, 0.5) is 30.4 Å². The molecule has 0 radical (unpaired) electrons. The second-order valence-electron chi connectivity index (χ2n) is 9.63. The predicted molar refractivity (Wildman–Crippen MR) is 152 cm³/mol. The monoisotopic (exact) mass is 608 g/mol. The van der Waals surface area contributed by atoms with Crippen molar-refractivity contribution in [3.05, 3.63) is 77.5 Å². The van der Waals surface area contributed by atoms with Gasteiger partial charge in [0.15, 0.2) is 0 Å². The fourth-order valence-corrected chi connectivity index (χ4v) is 5.42. The summed E-state index contributed by atoms with van der Waals surface area (Å²) in [6, 6.07) is 16.4. The lowest BCUT2D eigenvalue weighted by Gasteiger charge is -2.42. The first kappa shape index (κ1) is 32.2. The average Bonchev–Trinajstić information content (AvgIpc) is 2.92. The summed E-state index contributed by atoms with van der Waals surface area (Å²) in [5, 5.41) is 17.0. The van der Waals surface area contributed by atoms with E-state index in [0.717, 1.165) is 17.7 Å². The highest BCUT2D eigenvalue weighted by Gasteiger charge is 2.38. The van der Waals surface area contributed by atoms with E-state index in [9.17, 15) is 31.5 Å². The Bertz CT molecular complexity index is 1530. The molecule has 10 nitrogen and oxygen atoms in total. The van der Waals surface area contributed by atoms with E-state index in [1.807, 2.05) is 17.9 Å². The second kappa shape index (κ2) is 13.1. The molecule has 1 fully saturated rings. The van der Waals surface area contributed by atoms with Crippen LogP contribution in [0, 0.1) is 6.92 Å². The summed E-state index contributed by atoms with van der Waals surface area (Å²) >= 11 is 0. The Morgan fingerprint density at radius 1 is 1.07 bits per heavy atom. The summed E-state index contributed by atoms with van der Waals surface area (Å²) in [5.41, 5.74) is 3.42. The van der Waals surface area contributed by atoms with E-state index in [0.29, 0.717) is 25.5 Å². The van der Waals surface area contributed by atoms with Gasteiger partial charge in [-0.1, -0.05) is 31.2 Å². The molecule has 0 spiro atoms. The maximum atomic E-state index is 12.8. The van der Waals surface area contributed by atoms with E-state index in [2.05, 4.69) is 46.7 Å². The molecule has 3 N–H and O–H groups in total. The number of benzene rings is 2. The number of nitrogens with zero attached hydrogens (tertiary/aromatic N) is 3. The number of pyridine rings is 1. The number of aromatic nitrogens is 1. The van der Waals surface area contributed by atoms with E-state index in [1.165, 1.54) is 30.0 Å². The molecule has 0 aliphatic carbocycles. The number of hydrogen-bond acceptors (Lipinski definition) is 7. The number of carboxylic acid groups (broad SMARTS) is 2. The Kier molecular flexibility index (Phi) is 10.0. The summed E-state index contributed by atoms with van der Waals surface area (Å²) in [7, 11) is -3.87. The topological polar surface area (TPSA) is 140 Å². The van der Waals surface area contributed by atoms with Crippen molar-refractivity contribution < 1.29 is 41.4 Å². The van der Waals surface area contributed by atoms with Crippen molar-refractivity contribution >= 4 is 39.2 Å². The SMILES string of the molecule is CCc1ccc(S(=O)(=O)Nc2cnc(N3CCN(c4cccc(C)c4)C(C)C3)c(C(=O)O)c2)cc1.O=C(O)C(F)(F)F. The number of aryl methyl sites for hydroxylation is 2. The minimum atomic E-state index is -5.08. The number of piperazine rings is 1. The molecule has 14 heteroatoms. The van der Waals surface area contributed by atoms with Crippen LogP contribution in [-0.4, -0.2) is 67.4 Å². The number of carboxylic acids is 2. The zero-order chi connectivity index (χ0) is 31.2. The Balaban J connectivity index is 0.000000616. The fourth-order valence-electron chi connectivity index (χ4n) is 4.38. The van der Waals surface area contributed by atoms with E-state index in [-0.39, 0.29) is 22.2 Å². The number of halogens is 3. The van der Waals surface area contributed by atoms with Gasteiger partial charge in [0.25, 0.3) is 10.0 Å². The molecule has 2 heterocycles. The molecular formula is C28H31F3N4O6S. The summed E-state index contributed by atoms with van der Waals surface area (Å²) < 4.78 is 59.8. The van der Waals surface area contributed by atoms with Crippen LogP contribution in [0.5, 0.6) is 0 Å². The highest BCUT2D eigenvalue weighted by atomic mass is 32.2. The molecule has 0 amide bonds. The van der Waals surface area contributed by atoms with E-state index < -0.39 is 28.1 Å². The standard InChI is InChI=1S/C26H30N4O4S.C2HF3O2/c1-4-20-8-10-23(11-9-20)35(33,34)28-21-15-24(26(31)32)25(27-16-21)29-12-13-30(19(3)17-29)22-7-5-6-18(2)14-22;3-2(4,5)1(6)7/h5-11,14-16,19,28H,4,12-13,17H2,1-3H3,(H,31,32);(H,6,7). The molecule has 1 aromatic heterocycles. The Labute approximate surface area is 241 Å². The maximum Gasteiger partial charge on any atom is 0.490 e. The van der Waals surface area contributed by atoms with E-state index in [4.69, 9.17) is 9.90 Å². The number of rotatable bonds is 7. The molecule has 3 aromatic rings. The molecule has 0 saturated carbocycles. The Hall–Kier alpha value is -4.33. The number of aliphatic carboxylic acids is 1. The number of carbonyl (C=O) groups is 2. The number of aromatic carboxylic acids is 1. The lowest BCUT2D eigenvalue weighted by molar-refractivity contribution is -0.192. The smallest absolute Gasteiger partial charge is 0.478 e. The molecule has 226 valence electrons. The lowest BCUT2D eigenvalue weighted by Crippen LogP contribution is -2.52. The second-order valence-corrected chi connectivity index (χ2v) is 11.3. The minimum absolute atomic E-state index is 0.0391. The van der Waals surface area contributed by atoms with Crippen LogP contribution in [0.1, 0.15) is 35.3 Å². The number of nitrogens with one attached hydrogen (secondary N) is 1. The van der Waals surface area contributed by atoms with Gasteiger partial charge in [-0.3, -0.25) is 4.72 Å². The van der Waals surface area contributed by atoms with Crippen LogP contribution < -0.4 is 14.5 Å². The first-order chi connectivity index (χ1) is 19.6. The van der Waals surface area contributed by atoms with Gasteiger partial charge in [-0.25, -0.2) is 23.0 Å².